The van der Waals surface area contributed by atoms with E-state index in [9.17, 15) is 14.3 Å². The quantitative estimate of drug-likeness (QED) is 0.754. The normalized spacial score (nSPS) is 15.7. The molecular formula is C12H9FN3O2-. The standard InChI is InChI=1S/C12H10FN3O2/c13-9-5-16(6-9)11-2-10-7(3-15-11)1-8(4-14-10)12(17)18/h1-4,9H,5-6H2,(H,17,18)/p-1. The van der Waals surface area contributed by atoms with Crippen molar-refractivity contribution < 1.29 is 14.3 Å². The fourth-order valence-electron chi connectivity index (χ4n) is 1.91. The number of nitrogens with zero attached hydrogens (tertiary/aromatic N) is 3. The number of anilines is 1. The Morgan fingerprint density at radius 3 is 2.78 bits per heavy atom. The number of rotatable bonds is 2. The lowest BCUT2D eigenvalue weighted by molar-refractivity contribution is -0.255. The average molecular weight is 246 g/mol. The Bertz CT molecular complexity index is 626. The Hall–Kier alpha value is -2.24. The Kier molecular flexibility index (Phi) is 2.36. The van der Waals surface area contributed by atoms with E-state index in [1.54, 1.807) is 11.0 Å². The number of carbonyl (C=O) groups excluding carboxylic acids is 1. The van der Waals surface area contributed by atoms with Gasteiger partial charge in [-0.25, -0.2) is 9.37 Å². The molecule has 92 valence electrons. The lowest BCUT2D eigenvalue weighted by Gasteiger charge is -2.35. The molecule has 0 aliphatic carbocycles. The number of carboxylic acids is 1. The van der Waals surface area contributed by atoms with Crippen LogP contribution in [0.1, 0.15) is 10.4 Å². The highest BCUT2D eigenvalue weighted by Gasteiger charge is 2.27. The molecule has 0 saturated carbocycles. The van der Waals surface area contributed by atoms with Gasteiger partial charge >= 0.3 is 0 Å². The van der Waals surface area contributed by atoms with Crippen molar-refractivity contribution in [1.29, 1.82) is 0 Å². The van der Waals surface area contributed by atoms with Gasteiger partial charge in [0.15, 0.2) is 0 Å². The van der Waals surface area contributed by atoms with E-state index in [1.165, 1.54) is 18.5 Å². The minimum atomic E-state index is -1.27. The number of hydrogen-bond donors (Lipinski definition) is 0. The summed E-state index contributed by atoms with van der Waals surface area (Å²) < 4.78 is 12.8. The minimum Gasteiger partial charge on any atom is -0.545 e. The number of fused-ring (bicyclic) bond motifs is 1. The van der Waals surface area contributed by atoms with Crippen LogP contribution in [0.2, 0.25) is 0 Å². The van der Waals surface area contributed by atoms with E-state index in [2.05, 4.69) is 9.97 Å². The molecule has 0 bridgehead atoms. The molecule has 0 aromatic carbocycles. The molecule has 1 saturated heterocycles. The van der Waals surface area contributed by atoms with Crippen molar-refractivity contribution in [2.75, 3.05) is 18.0 Å². The lowest BCUT2D eigenvalue weighted by Crippen LogP contribution is -2.48. The summed E-state index contributed by atoms with van der Waals surface area (Å²) in [6, 6.07) is 3.18. The van der Waals surface area contributed by atoms with Gasteiger partial charge in [0.1, 0.15) is 12.0 Å². The van der Waals surface area contributed by atoms with Crippen molar-refractivity contribution >= 4 is 22.7 Å². The Morgan fingerprint density at radius 2 is 2.11 bits per heavy atom. The predicted octanol–water partition coefficient (Wildman–Crippen LogP) is 0.151. The highest BCUT2D eigenvalue weighted by atomic mass is 19.1. The fourth-order valence-corrected chi connectivity index (χ4v) is 1.91. The van der Waals surface area contributed by atoms with Crippen molar-refractivity contribution in [2.24, 2.45) is 0 Å². The highest BCUT2D eigenvalue weighted by molar-refractivity contribution is 5.91. The molecule has 3 rings (SSSR count). The van der Waals surface area contributed by atoms with Crippen molar-refractivity contribution in [2.45, 2.75) is 6.17 Å². The summed E-state index contributed by atoms with van der Waals surface area (Å²) in [4.78, 5) is 20.7. The number of aromatic carboxylic acids is 1. The largest absolute Gasteiger partial charge is 0.545 e. The maximum atomic E-state index is 12.8. The molecule has 0 unspecified atom stereocenters. The molecule has 0 N–H and O–H groups in total. The van der Waals surface area contributed by atoms with Gasteiger partial charge < -0.3 is 14.8 Å². The maximum Gasteiger partial charge on any atom is 0.135 e. The van der Waals surface area contributed by atoms with E-state index >= 15 is 0 Å². The topological polar surface area (TPSA) is 69.2 Å². The summed E-state index contributed by atoms with van der Waals surface area (Å²) in [6.45, 7) is 0.686. The van der Waals surface area contributed by atoms with Crippen molar-refractivity contribution in [1.82, 2.24) is 9.97 Å². The third kappa shape index (κ3) is 1.75. The molecule has 3 heterocycles. The molecule has 0 spiro atoms. The number of halogens is 1. The molecule has 0 amide bonds. The van der Waals surface area contributed by atoms with Gasteiger partial charge in [-0.3, -0.25) is 4.98 Å². The number of carbonyl (C=O) groups is 1. The number of pyridine rings is 2. The van der Waals surface area contributed by atoms with Gasteiger partial charge in [-0.1, -0.05) is 0 Å². The number of alkyl halides is 1. The van der Waals surface area contributed by atoms with Gasteiger partial charge in [0, 0.05) is 29.4 Å². The van der Waals surface area contributed by atoms with Crippen LogP contribution >= 0.6 is 0 Å². The maximum absolute atomic E-state index is 12.8. The number of carboxylic acid groups (broad SMARTS) is 1. The van der Waals surface area contributed by atoms with Gasteiger partial charge in [0.05, 0.1) is 24.6 Å². The van der Waals surface area contributed by atoms with E-state index in [0.717, 1.165) is 0 Å². The molecule has 5 nitrogen and oxygen atoms in total. The molecule has 0 atom stereocenters. The zero-order valence-electron chi connectivity index (χ0n) is 9.34. The summed E-state index contributed by atoms with van der Waals surface area (Å²) in [5, 5.41) is 11.3. The second-order valence-electron chi connectivity index (χ2n) is 4.25. The minimum absolute atomic E-state index is 0.0184. The van der Waals surface area contributed by atoms with Gasteiger partial charge in [0.2, 0.25) is 0 Å². The molecular weight excluding hydrogens is 237 g/mol. The first-order chi connectivity index (χ1) is 8.63. The monoisotopic (exact) mass is 246 g/mol. The van der Waals surface area contributed by atoms with Gasteiger partial charge in [-0.05, 0) is 6.07 Å². The van der Waals surface area contributed by atoms with Crippen LogP contribution < -0.4 is 10.0 Å². The van der Waals surface area contributed by atoms with Crippen LogP contribution in [0.4, 0.5) is 10.2 Å². The van der Waals surface area contributed by atoms with Crippen LogP contribution in [-0.2, 0) is 0 Å². The summed E-state index contributed by atoms with van der Waals surface area (Å²) in [6.07, 6.45) is 1.99. The van der Waals surface area contributed by atoms with E-state index < -0.39 is 12.1 Å². The lowest BCUT2D eigenvalue weighted by atomic mass is 10.1. The van der Waals surface area contributed by atoms with Crippen LogP contribution in [0.5, 0.6) is 0 Å². The van der Waals surface area contributed by atoms with Gasteiger partial charge in [0.25, 0.3) is 0 Å². The van der Waals surface area contributed by atoms with Crippen LogP contribution in [0.25, 0.3) is 10.9 Å². The SMILES string of the molecule is O=C([O-])c1cnc2cc(N3CC(F)C3)ncc2c1. The highest BCUT2D eigenvalue weighted by Crippen LogP contribution is 2.23. The smallest absolute Gasteiger partial charge is 0.135 e. The first kappa shape index (κ1) is 10.9. The van der Waals surface area contributed by atoms with Crippen molar-refractivity contribution in [3.8, 4) is 0 Å². The zero-order chi connectivity index (χ0) is 12.7. The molecule has 1 aliphatic rings. The summed E-state index contributed by atoms with van der Waals surface area (Å²) >= 11 is 0. The van der Waals surface area contributed by atoms with E-state index in [4.69, 9.17) is 0 Å². The Balaban J connectivity index is 1.98. The Labute approximate surface area is 102 Å². The second-order valence-corrected chi connectivity index (χ2v) is 4.25. The van der Waals surface area contributed by atoms with Gasteiger partial charge in [-0.2, -0.15) is 0 Å². The van der Waals surface area contributed by atoms with Crippen LogP contribution in [-0.4, -0.2) is 35.2 Å². The van der Waals surface area contributed by atoms with E-state index in [-0.39, 0.29) is 5.56 Å². The number of hydrogen-bond acceptors (Lipinski definition) is 5. The average Bonchev–Trinajstić information content (AvgIpc) is 2.33. The third-order valence-electron chi connectivity index (χ3n) is 2.95. The summed E-state index contributed by atoms with van der Waals surface area (Å²) in [5.41, 5.74) is 0.650. The van der Waals surface area contributed by atoms with E-state index in [0.29, 0.717) is 29.8 Å². The van der Waals surface area contributed by atoms with Crippen molar-refractivity contribution in [3.63, 3.8) is 0 Å². The number of aromatic nitrogens is 2. The fraction of sp³-hybridized carbons (Fsp3) is 0.250. The van der Waals surface area contributed by atoms with Gasteiger partial charge in [-0.15, -0.1) is 0 Å². The predicted molar refractivity (Wildman–Crippen MR) is 61.0 cm³/mol. The molecule has 1 aliphatic heterocycles. The molecule has 18 heavy (non-hydrogen) atoms. The molecule has 2 aromatic rings. The first-order valence-corrected chi connectivity index (χ1v) is 5.49. The van der Waals surface area contributed by atoms with Crippen molar-refractivity contribution in [3.05, 3.63) is 30.1 Å². The third-order valence-corrected chi connectivity index (χ3v) is 2.95. The van der Waals surface area contributed by atoms with E-state index in [1.807, 2.05) is 0 Å². The molecule has 0 radical (unpaired) electrons. The molecule has 1 fully saturated rings. The Morgan fingerprint density at radius 1 is 1.33 bits per heavy atom. The first-order valence-electron chi connectivity index (χ1n) is 5.49. The molecule has 2 aromatic heterocycles. The zero-order valence-corrected chi connectivity index (χ0v) is 9.34. The second kappa shape index (κ2) is 3.90. The summed E-state index contributed by atoms with van der Waals surface area (Å²) in [5.74, 6) is -0.610. The van der Waals surface area contributed by atoms with Crippen LogP contribution in [0, 0.1) is 0 Å². The van der Waals surface area contributed by atoms with Crippen LogP contribution in [0.15, 0.2) is 24.5 Å². The molecule has 6 heteroatoms. The van der Waals surface area contributed by atoms with Crippen LogP contribution in [0.3, 0.4) is 0 Å². The summed E-state index contributed by atoms with van der Waals surface area (Å²) in [7, 11) is 0.